The summed E-state index contributed by atoms with van der Waals surface area (Å²) in [6.07, 6.45) is 3.45. The molecule has 3 nitrogen and oxygen atoms in total. The molecule has 17 heavy (non-hydrogen) atoms. The quantitative estimate of drug-likeness (QED) is 0.776. The molecule has 0 bridgehead atoms. The smallest absolute Gasteiger partial charge is 0.272 e. The van der Waals surface area contributed by atoms with Crippen molar-refractivity contribution in [3.8, 4) is 0 Å². The third-order valence-corrected chi connectivity index (χ3v) is 3.73. The number of nitrogens with zero attached hydrogens (tertiary/aromatic N) is 2. The normalized spacial score (nSPS) is 17.2. The van der Waals surface area contributed by atoms with Crippen LogP contribution in [0, 0.1) is 5.92 Å². The molecule has 0 aromatic carbocycles. The lowest BCUT2D eigenvalue weighted by Crippen LogP contribution is -2.39. The fourth-order valence-electron chi connectivity index (χ4n) is 1.95. The van der Waals surface area contributed by atoms with Crippen LogP contribution in [0.2, 0.25) is 5.02 Å². The highest BCUT2D eigenvalue weighted by Gasteiger charge is 2.23. The van der Waals surface area contributed by atoms with E-state index in [1.54, 1.807) is 12.1 Å². The minimum atomic E-state index is -0.0188. The van der Waals surface area contributed by atoms with Crippen molar-refractivity contribution in [3.63, 3.8) is 0 Å². The number of rotatable bonds is 2. The molecule has 2 heterocycles. The van der Waals surface area contributed by atoms with E-state index in [0.717, 1.165) is 25.9 Å². The molecular formula is C12H14Cl2N2O. The van der Waals surface area contributed by atoms with E-state index in [9.17, 15) is 4.79 Å². The molecule has 0 saturated carbocycles. The van der Waals surface area contributed by atoms with Crippen LogP contribution in [0.15, 0.2) is 18.3 Å². The highest BCUT2D eigenvalue weighted by molar-refractivity contribution is 6.30. The van der Waals surface area contributed by atoms with Crippen molar-refractivity contribution < 1.29 is 4.79 Å². The molecule has 1 saturated heterocycles. The number of hydrogen-bond donors (Lipinski definition) is 0. The fraction of sp³-hybridized carbons (Fsp3) is 0.500. The first kappa shape index (κ1) is 12.7. The van der Waals surface area contributed by atoms with Crippen LogP contribution in [0.1, 0.15) is 23.3 Å². The van der Waals surface area contributed by atoms with E-state index in [-0.39, 0.29) is 5.91 Å². The van der Waals surface area contributed by atoms with E-state index in [0.29, 0.717) is 22.5 Å². The second-order valence-corrected chi connectivity index (χ2v) is 5.00. The van der Waals surface area contributed by atoms with Gasteiger partial charge in [-0.1, -0.05) is 11.6 Å². The predicted octanol–water partition coefficient (Wildman–Crippen LogP) is 2.83. The van der Waals surface area contributed by atoms with E-state index in [1.807, 2.05) is 4.90 Å². The van der Waals surface area contributed by atoms with Gasteiger partial charge >= 0.3 is 0 Å². The molecule has 1 amide bonds. The van der Waals surface area contributed by atoms with Gasteiger partial charge in [0.25, 0.3) is 5.91 Å². The zero-order valence-corrected chi connectivity index (χ0v) is 10.9. The molecule has 0 aliphatic carbocycles. The first-order chi connectivity index (χ1) is 8.20. The Labute approximate surface area is 111 Å². The average molecular weight is 273 g/mol. The Balaban J connectivity index is 1.99. The SMILES string of the molecule is O=C(c1ccc(Cl)cn1)N1CCC(CCl)CC1. The van der Waals surface area contributed by atoms with Gasteiger partial charge < -0.3 is 4.90 Å². The summed E-state index contributed by atoms with van der Waals surface area (Å²) < 4.78 is 0. The molecular weight excluding hydrogens is 259 g/mol. The van der Waals surface area contributed by atoms with Crippen LogP contribution in [0.25, 0.3) is 0 Å². The Morgan fingerprint density at radius 3 is 2.65 bits per heavy atom. The van der Waals surface area contributed by atoms with Crippen molar-refractivity contribution >= 4 is 29.1 Å². The van der Waals surface area contributed by atoms with E-state index >= 15 is 0 Å². The van der Waals surface area contributed by atoms with Gasteiger partial charge in [0.1, 0.15) is 5.69 Å². The first-order valence-electron chi connectivity index (χ1n) is 5.67. The average Bonchev–Trinajstić information content (AvgIpc) is 2.39. The maximum absolute atomic E-state index is 12.1. The van der Waals surface area contributed by atoms with Gasteiger partial charge in [-0.15, -0.1) is 11.6 Å². The van der Waals surface area contributed by atoms with Gasteiger partial charge in [-0.05, 0) is 30.9 Å². The van der Waals surface area contributed by atoms with Crippen LogP contribution in [-0.4, -0.2) is 34.8 Å². The molecule has 2 rings (SSSR count). The Hall–Kier alpha value is -0.800. The monoisotopic (exact) mass is 272 g/mol. The molecule has 1 aromatic heterocycles. The van der Waals surface area contributed by atoms with Crippen molar-refractivity contribution in [1.29, 1.82) is 0 Å². The van der Waals surface area contributed by atoms with E-state index in [2.05, 4.69) is 4.98 Å². The standard InChI is InChI=1S/C12H14Cl2N2O/c13-7-9-3-5-16(6-4-9)12(17)11-2-1-10(14)8-15-11/h1-2,8-9H,3-7H2. The maximum atomic E-state index is 12.1. The number of alkyl halides is 1. The minimum absolute atomic E-state index is 0.0188. The molecule has 5 heteroatoms. The topological polar surface area (TPSA) is 33.2 Å². The number of piperidine rings is 1. The Kier molecular flexibility index (Phi) is 4.24. The van der Waals surface area contributed by atoms with Crippen LogP contribution in [-0.2, 0) is 0 Å². The summed E-state index contributed by atoms with van der Waals surface area (Å²) in [7, 11) is 0. The van der Waals surface area contributed by atoms with Gasteiger partial charge in [-0.2, -0.15) is 0 Å². The number of aromatic nitrogens is 1. The fourth-order valence-corrected chi connectivity index (χ4v) is 2.38. The molecule has 1 fully saturated rings. The van der Waals surface area contributed by atoms with Crippen molar-refractivity contribution in [3.05, 3.63) is 29.0 Å². The summed E-state index contributed by atoms with van der Waals surface area (Å²) in [6, 6.07) is 3.35. The highest BCUT2D eigenvalue weighted by atomic mass is 35.5. The molecule has 1 aromatic rings. The van der Waals surface area contributed by atoms with Gasteiger partial charge in [0.05, 0.1) is 5.02 Å². The molecule has 92 valence electrons. The van der Waals surface area contributed by atoms with E-state index < -0.39 is 0 Å². The third kappa shape index (κ3) is 3.11. The number of halogens is 2. The second-order valence-electron chi connectivity index (χ2n) is 4.25. The largest absolute Gasteiger partial charge is 0.337 e. The molecule has 0 spiro atoms. The van der Waals surface area contributed by atoms with Crippen molar-refractivity contribution in [2.45, 2.75) is 12.8 Å². The Morgan fingerprint density at radius 1 is 1.41 bits per heavy atom. The van der Waals surface area contributed by atoms with Crippen LogP contribution >= 0.6 is 23.2 Å². The summed E-state index contributed by atoms with van der Waals surface area (Å²) in [5.41, 5.74) is 0.457. The molecule has 1 aliphatic rings. The van der Waals surface area contributed by atoms with Gasteiger partial charge in [0.2, 0.25) is 0 Å². The van der Waals surface area contributed by atoms with Crippen LogP contribution in [0.5, 0.6) is 0 Å². The lowest BCUT2D eigenvalue weighted by atomic mass is 9.99. The molecule has 0 unspecified atom stereocenters. The lowest BCUT2D eigenvalue weighted by molar-refractivity contribution is 0.0692. The highest BCUT2D eigenvalue weighted by Crippen LogP contribution is 2.19. The van der Waals surface area contributed by atoms with Gasteiger partial charge in [0, 0.05) is 25.2 Å². The summed E-state index contributed by atoms with van der Waals surface area (Å²) in [5.74, 6) is 1.20. The minimum Gasteiger partial charge on any atom is -0.337 e. The predicted molar refractivity (Wildman–Crippen MR) is 68.6 cm³/mol. The second kappa shape index (κ2) is 5.69. The Bertz CT molecular complexity index is 386. The van der Waals surface area contributed by atoms with Gasteiger partial charge in [-0.3, -0.25) is 4.79 Å². The number of carbonyl (C=O) groups is 1. The van der Waals surface area contributed by atoms with Crippen LogP contribution in [0.4, 0.5) is 0 Å². The van der Waals surface area contributed by atoms with Crippen molar-refractivity contribution in [2.75, 3.05) is 19.0 Å². The number of amides is 1. The zero-order chi connectivity index (χ0) is 12.3. The summed E-state index contributed by atoms with van der Waals surface area (Å²) >= 11 is 11.5. The summed E-state index contributed by atoms with van der Waals surface area (Å²) in [5, 5.41) is 0.544. The maximum Gasteiger partial charge on any atom is 0.272 e. The van der Waals surface area contributed by atoms with Crippen LogP contribution < -0.4 is 0 Å². The van der Waals surface area contributed by atoms with Crippen LogP contribution in [0.3, 0.4) is 0 Å². The number of carbonyl (C=O) groups excluding carboxylic acids is 1. The van der Waals surface area contributed by atoms with Gasteiger partial charge in [0.15, 0.2) is 0 Å². The zero-order valence-electron chi connectivity index (χ0n) is 9.40. The first-order valence-corrected chi connectivity index (χ1v) is 6.58. The summed E-state index contributed by atoms with van der Waals surface area (Å²) in [4.78, 5) is 18.0. The van der Waals surface area contributed by atoms with E-state index in [1.165, 1.54) is 6.20 Å². The van der Waals surface area contributed by atoms with E-state index in [4.69, 9.17) is 23.2 Å². The summed E-state index contributed by atoms with van der Waals surface area (Å²) in [6.45, 7) is 1.53. The number of pyridine rings is 1. The number of likely N-dealkylation sites (tertiary alicyclic amines) is 1. The van der Waals surface area contributed by atoms with Gasteiger partial charge in [-0.25, -0.2) is 4.98 Å². The molecule has 0 atom stereocenters. The Morgan fingerprint density at radius 2 is 2.12 bits per heavy atom. The van der Waals surface area contributed by atoms with Crippen molar-refractivity contribution in [1.82, 2.24) is 9.88 Å². The third-order valence-electron chi connectivity index (χ3n) is 3.07. The molecule has 0 radical (unpaired) electrons. The lowest BCUT2D eigenvalue weighted by Gasteiger charge is -2.30. The molecule has 1 aliphatic heterocycles. The van der Waals surface area contributed by atoms with Crippen molar-refractivity contribution in [2.24, 2.45) is 5.92 Å². The number of hydrogen-bond acceptors (Lipinski definition) is 2. The molecule has 0 N–H and O–H groups in total.